The highest BCUT2D eigenvalue weighted by atomic mass is 35.5. The average molecular weight is 286 g/mol. The minimum Gasteiger partial charge on any atom is -0.324 e. The number of fused-ring (bicyclic) bond motifs is 1. The van der Waals surface area contributed by atoms with E-state index in [1.54, 1.807) is 12.1 Å². The molecule has 0 atom stereocenters. The summed E-state index contributed by atoms with van der Waals surface area (Å²) in [7, 11) is 0. The van der Waals surface area contributed by atoms with Gasteiger partial charge in [-0.25, -0.2) is 4.98 Å². The molecule has 2 N–H and O–H groups in total. The minimum atomic E-state index is -0.133. The molecule has 1 amide bonds. The number of nitrogens with zero attached hydrogens (tertiary/aromatic N) is 1. The Morgan fingerprint density at radius 2 is 2.05 bits per heavy atom. The normalized spacial score (nSPS) is 10.7. The Hall–Kier alpha value is -2.33. The van der Waals surface area contributed by atoms with E-state index in [2.05, 4.69) is 15.3 Å². The summed E-state index contributed by atoms with van der Waals surface area (Å²) in [6.07, 6.45) is 0.262. The number of nitrogens with one attached hydrogen (secondary N) is 2. The van der Waals surface area contributed by atoms with Crippen molar-refractivity contribution in [2.45, 2.75) is 6.42 Å². The Labute approximate surface area is 120 Å². The Morgan fingerprint density at radius 1 is 1.20 bits per heavy atom. The molecule has 3 rings (SSSR count). The zero-order valence-electron chi connectivity index (χ0n) is 10.6. The molecule has 100 valence electrons. The largest absolute Gasteiger partial charge is 0.324 e. The van der Waals surface area contributed by atoms with Crippen molar-refractivity contribution in [1.29, 1.82) is 0 Å². The van der Waals surface area contributed by atoms with Crippen LogP contribution < -0.4 is 5.32 Å². The first-order valence-electron chi connectivity index (χ1n) is 6.20. The minimum absolute atomic E-state index is 0.133. The molecule has 2 aromatic carbocycles. The highest BCUT2D eigenvalue weighted by molar-refractivity contribution is 6.30. The highest BCUT2D eigenvalue weighted by Crippen LogP contribution is 2.14. The van der Waals surface area contributed by atoms with Crippen molar-refractivity contribution in [1.82, 2.24) is 9.97 Å². The van der Waals surface area contributed by atoms with Crippen LogP contribution in [0.2, 0.25) is 5.02 Å². The summed E-state index contributed by atoms with van der Waals surface area (Å²) in [4.78, 5) is 19.3. The number of carbonyl (C=O) groups excluding carboxylic acids is 1. The number of anilines is 1. The van der Waals surface area contributed by atoms with Crippen molar-refractivity contribution in [3.8, 4) is 0 Å². The number of hydrogen-bond donors (Lipinski definition) is 2. The van der Waals surface area contributed by atoms with Crippen LogP contribution in [-0.4, -0.2) is 15.9 Å². The fourth-order valence-corrected chi connectivity index (χ4v) is 2.23. The highest BCUT2D eigenvalue weighted by Gasteiger charge is 2.07. The summed E-state index contributed by atoms with van der Waals surface area (Å²) < 4.78 is 0. The molecule has 20 heavy (non-hydrogen) atoms. The van der Waals surface area contributed by atoms with Crippen LogP contribution in [0, 0.1) is 0 Å². The van der Waals surface area contributed by atoms with E-state index in [0.29, 0.717) is 11.0 Å². The number of halogens is 1. The predicted molar refractivity (Wildman–Crippen MR) is 79.9 cm³/mol. The molecule has 1 heterocycles. The molecule has 0 radical (unpaired) electrons. The van der Waals surface area contributed by atoms with Crippen LogP contribution in [0.25, 0.3) is 11.0 Å². The summed E-state index contributed by atoms with van der Waals surface area (Å²) in [6, 6.07) is 14.9. The monoisotopic (exact) mass is 285 g/mol. The lowest BCUT2D eigenvalue weighted by Gasteiger charge is -2.02. The topological polar surface area (TPSA) is 57.8 Å². The van der Waals surface area contributed by atoms with Gasteiger partial charge in [0.1, 0.15) is 0 Å². The van der Waals surface area contributed by atoms with Gasteiger partial charge in [0.15, 0.2) is 0 Å². The molecule has 0 aliphatic heterocycles. The van der Waals surface area contributed by atoms with E-state index in [1.165, 1.54) is 0 Å². The van der Waals surface area contributed by atoms with Crippen LogP contribution in [0.3, 0.4) is 0 Å². The quantitative estimate of drug-likeness (QED) is 0.775. The second-order valence-corrected chi connectivity index (χ2v) is 4.89. The van der Waals surface area contributed by atoms with Gasteiger partial charge in [-0.05, 0) is 29.8 Å². The molecule has 0 aliphatic rings. The van der Waals surface area contributed by atoms with Crippen molar-refractivity contribution in [2.75, 3.05) is 5.32 Å². The van der Waals surface area contributed by atoms with Crippen LogP contribution in [-0.2, 0) is 11.2 Å². The second kappa shape index (κ2) is 5.35. The molecule has 3 aromatic rings. The first kappa shape index (κ1) is 12.7. The second-order valence-electron chi connectivity index (χ2n) is 4.46. The van der Waals surface area contributed by atoms with Crippen molar-refractivity contribution < 1.29 is 4.79 Å². The molecule has 4 nitrogen and oxygen atoms in total. The summed E-state index contributed by atoms with van der Waals surface area (Å²) in [5.41, 5.74) is 2.59. The van der Waals surface area contributed by atoms with Gasteiger partial charge in [0, 0.05) is 5.02 Å². The molecule has 0 bridgehead atoms. The van der Waals surface area contributed by atoms with Crippen LogP contribution in [0.15, 0.2) is 48.5 Å². The third-order valence-electron chi connectivity index (χ3n) is 2.90. The van der Waals surface area contributed by atoms with Crippen LogP contribution in [0.5, 0.6) is 0 Å². The van der Waals surface area contributed by atoms with Gasteiger partial charge in [-0.2, -0.15) is 0 Å². The van der Waals surface area contributed by atoms with E-state index < -0.39 is 0 Å². The van der Waals surface area contributed by atoms with E-state index in [1.807, 2.05) is 36.4 Å². The van der Waals surface area contributed by atoms with E-state index in [4.69, 9.17) is 11.6 Å². The number of para-hydroxylation sites is 2. The lowest BCUT2D eigenvalue weighted by atomic mass is 10.1. The zero-order valence-corrected chi connectivity index (χ0v) is 11.3. The molecule has 0 spiro atoms. The maximum atomic E-state index is 12.0. The Morgan fingerprint density at radius 3 is 2.85 bits per heavy atom. The molecule has 0 saturated carbocycles. The van der Waals surface area contributed by atoms with E-state index in [9.17, 15) is 4.79 Å². The van der Waals surface area contributed by atoms with Crippen LogP contribution in [0.1, 0.15) is 5.56 Å². The molecule has 0 fully saturated rings. The standard InChI is InChI=1S/C15H12ClN3O/c16-11-5-3-4-10(8-11)9-14(20)19-15-17-12-6-1-2-7-13(12)18-15/h1-8H,9H2,(H2,17,18,19,20). The summed E-state index contributed by atoms with van der Waals surface area (Å²) in [5, 5.41) is 3.37. The molecular weight excluding hydrogens is 274 g/mol. The fraction of sp³-hybridized carbons (Fsp3) is 0.0667. The number of amides is 1. The summed E-state index contributed by atoms with van der Waals surface area (Å²) in [5.74, 6) is 0.324. The maximum Gasteiger partial charge on any atom is 0.231 e. The van der Waals surface area contributed by atoms with Crippen LogP contribution >= 0.6 is 11.6 Å². The van der Waals surface area contributed by atoms with Crippen molar-refractivity contribution in [3.05, 3.63) is 59.1 Å². The third-order valence-corrected chi connectivity index (χ3v) is 3.14. The summed E-state index contributed by atoms with van der Waals surface area (Å²) in [6.45, 7) is 0. The van der Waals surface area contributed by atoms with Gasteiger partial charge in [0.2, 0.25) is 11.9 Å². The first-order chi connectivity index (χ1) is 9.70. The maximum absolute atomic E-state index is 12.0. The van der Waals surface area contributed by atoms with Crippen molar-refractivity contribution >= 4 is 34.5 Å². The predicted octanol–water partition coefficient (Wildman–Crippen LogP) is 3.40. The Balaban J connectivity index is 1.72. The van der Waals surface area contributed by atoms with Gasteiger partial charge < -0.3 is 4.98 Å². The molecule has 1 aromatic heterocycles. The van der Waals surface area contributed by atoms with Gasteiger partial charge in [-0.3, -0.25) is 10.1 Å². The Kier molecular flexibility index (Phi) is 3.39. The number of aromatic nitrogens is 2. The summed E-state index contributed by atoms with van der Waals surface area (Å²) >= 11 is 5.89. The smallest absolute Gasteiger partial charge is 0.231 e. The number of rotatable bonds is 3. The lowest BCUT2D eigenvalue weighted by Crippen LogP contribution is -2.15. The molecule has 0 saturated heterocycles. The van der Waals surface area contributed by atoms with Gasteiger partial charge in [0.05, 0.1) is 17.5 Å². The Bertz CT molecular complexity index is 733. The van der Waals surface area contributed by atoms with Gasteiger partial charge in [-0.15, -0.1) is 0 Å². The molecule has 5 heteroatoms. The van der Waals surface area contributed by atoms with Gasteiger partial charge >= 0.3 is 0 Å². The van der Waals surface area contributed by atoms with Gasteiger partial charge in [-0.1, -0.05) is 35.9 Å². The van der Waals surface area contributed by atoms with Crippen LogP contribution in [0.4, 0.5) is 5.95 Å². The number of benzene rings is 2. The van der Waals surface area contributed by atoms with E-state index in [-0.39, 0.29) is 12.3 Å². The lowest BCUT2D eigenvalue weighted by molar-refractivity contribution is -0.115. The number of carbonyl (C=O) groups is 1. The SMILES string of the molecule is O=C(Cc1cccc(Cl)c1)Nc1nc2ccccc2[nH]1. The number of hydrogen-bond acceptors (Lipinski definition) is 2. The zero-order chi connectivity index (χ0) is 13.9. The molecule has 0 unspecified atom stereocenters. The average Bonchev–Trinajstić information content (AvgIpc) is 2.80. The number of imidazole rings is 1. The first-order valence-corrected chi connectivity index (χ1v) is 6.57. The molecule has 0 aliphatic carbocycles. The number of aromatic amines is 1. The third kappa shape index (κ3) is 2.81. The fourth-order valence-electron chi connectivity index (χ4n) is 2.02. The van der Waals surface area contributed by atoms with Gasteiger partial charge in [0.25, 0.3) is 0 Å². The van der Waals surface area contributed by atoms with E-state index in [0.717, 1.165) is 16.6 Å². The van der Waals surface area contributed by atoms with E-state index >= 15 is 0 Å². The number of H-pyrrole nitrogens is 1. The molecular formula is C15H12ClN3O. The van der Waals surface area contributed by atoms with Crippen molar-refractivity contribution in [3.63, 3.8) is 0 Å². The van der Waals surface area contributed by atoms with Crippen molar-refractivity contribution in [2.24, 2.45) is 0 Å².